The lowest BCUT2D eigenvalue weighted by molar-refractivity contribution is -0.108. The van der Waals surface area contributed by atoms with Crippen molar-refractivity contribution in [2.75, 3.05) is 6.61 Å². The van der Waals surface area contributed by atoms with Gasteiger partial charge >= 0.3 is 5.97 Å². The van der Waals surface area contributed by atoms with E-state index in [1.54, 1.807) is 0 Å². The molecule has 1 aliphatic carbocycles. The molecule has 3 rings (SSSR count). The van der Waals surface area contributed by atoms with E-state index in [-0.39, 0.29) is 17.3 Å². The monoisotopic (exact) mass is 277 g/mol. The molecule has 1 N–H and O–H groups in total. The Morgan fingerprint density at radius 1 is 1.45 bits per heavy atom. The van der Waals surface area contributed by atoms with Gasteiger partial charge in [0, 0.05) is 19.0 Å². The summed E-state index contributed by atoms with van der Waals surface area (Å²) in [6.07, 6.45) is 9.22. The smallest absolute Gasteiger partial charge is 0.339 e. The summed E-state index contributed by atoms with van der Waals surface area (Å²) in [6.45, 7) is 0.688. The molecule has 1 aromatic heterocycles. The van der Waals surface area contributed by atoms with Crippen molar-refractivity contribution in [3.8, 4) is 5.75 Å². The lowest BCUT2D eigenvalue weighted by atomic mass is 9.90. The van der Waals surface area contributed by atoms with E-state index in [4.69, 9.17) is 14.6 Å². The molecule has 0 bridgehead atoms. The standard InChI is InChI=1S/C15H19NO4/c17-14(18)12-3-7-16-10-13(12)20-11-4-8-19-15(9-11)5-1-2-6-15/h3,7,10-11H,1-2,4-6,8-9H2,(H,17,18). The molecular weight excluding hydrogens is 258 g/mol. The summed E-state index contributed by atoms with van der Waals surface area (Å²) in [4.78, 5) is 15.1. The number of pyridine rings is 1. The summed E-state index contributed by atoms with van der Waals surface area (Å²) in [5.41, 5.74) is 0.140. The molecule has 108 valence electrons. The Bertz CT molecular complexity index is 496. The van der Waals surface area contributed by atoms with Gasteiger partial charge in [-0.2, -0.15) is 0 Å². The Kier molecular flexibility index (Phi) is 3.61. The van der Waals surface area contributed by atoms with E-state index in [9.17, 15) is 4.79 Å². The van der Waals surface area contributed by atoms with Crippen LogP contribution in [0.2, 0.25) is 0 Å². The molecule has 5 heteroatoms. The van der Waals surface area contributed by atoms with Crippen LogP contribution in [0.5, 0.6) is 5.75 Å². The number of aromatic carboxylic acids is 1. The van der Waals surface area contributed by atoms with Gasteiger partial charge in [0.05, 0.1) is 18.4 Å². The quantitative estimate of drug-likeness (QED) is 0.919. The van der Waals surface area contributed by atoms with Gasteiger partial charge < -0.3 is 14.6 Å². The maximum atomic E-state index is 11.2. The van der Waals surface area contributed by atoms with Gasteiger partial charge in [-0.25, -0.2) is 4.79 Å². The minimum Gasteiger partial charge on any atom is -0.488 e. The van der Waals surface area contributed by atoms with Crippen molar-refractivity contribution in [3.63, 3.8) is 0 Å². The van der Waals surface area contributed by atoms with Crippen molar-refractivity contribution >= 4 is 5.97 Å². The van der Waals surface area contributed by atoms with Crippen LogP contribution in [0.15, 0.2) is 18.5 Å². The summed E-state index contributed by atoms with van der Waals surface area (Å²) in [7, 11) is 0. The fraction of sp³-hybridized carbons (Fsp3) is 0.600. The molecule has 1 unspecified atom stereocenters. The Balaban J connectivity index is 1.73. The maximum absolute atomic E-state index is 11.2. The second-order valence-corrected chi connectivity index (χ2v) is 5.65. The van der Waals surface area contributed by atoms with Crippen LogP contribution < -0.4 is 4.74 Å². The highest BCUT2D eigenvalue weighted by atomic mass is 16.5. The molecule has 2 fully saturated rings. The highest BCUT2D eigenvalue weighted by Gasteiger charge is 2.40. The SMILES string of the molecule is O=C(O)c1ccncc1OC1CCOC2(CCCC2)C1. The first-order valence-corrected chi connectivity index (χ1v) is 7.16. The molecule has 1 spiro atoms. The van der Waals surface area contributed by atoms with Gasteiger partial charge in [-0.3, -0.25) is 4.98 Å². The first-order chi connectivity index (χ1) is 9.69. The summed E-state index contributed by atoms with van der Waals surface area (Å²) in [5, 5.41) is 9.17. The van der Waals surface area contributed by atoms with Gasteiger partial charge in [-0.05, 0) is 18.9 Å². The number of aromatic nitrogens is 1. The van der Waals surface area contributed by atoms with Crippen LogP contribution in [0.3, 0.4) is 0 Å². The Labute approximate surface area is 117 Å². The molecule has 2 aliphatic rings. The van der Waals surface area contributed by atoms with E-state index < -0.39 is 5.97 Å². The Hall–Kier alpha value is -1.62. The third kappa shape index (κ3) is 2.63. The van der Waals surface area contributed by atoms with Crippen molar-refractivity contribution in [1.82, 2.24) is 4.98 Å². The van der Waals surface area contributed by atoms with E-state index in [2.05, 4.69) is 4.98 Å². The zero-order valence-corrected chi connectivity index (χ0v) is 11.4. The van der Waals surface area contributed by atoms with E-state index in [1.165, 1.54) is 31.3 Å². The second-order valence-electron chi connectivity index (χ2n) is 5.65. The van der Waals surface area contributed by atoms with Crippen LogP contribution in [-0.4, -0.2) is 34.4 Å². The highest BCUT2D eigenvalue weighted by molar-refractivity contribution is 5.90. The molecule has 20 heavy (non-hydrogen) atoms. The summed E-state index contributed by atoms with van der Waals surface area (Å²) < 4.78 is 11.9. The van der Waals surface area contributed by atoms with Gasteiger partial charge in [0.2, 0.25) is 0 Å². The first-order valence-electron chi connectivity index (χ1n) is 7.16. The second kappa shape index (κ2) is 5.40. The van der Waals surface area contributed by atoms with Gasteiger partial charge in [0.1, 0.15) is 11.7 Å². The highest BCUT2D eigenvalue weighted by Crippen LogP contribution is 2.41. The predicted molar refractivity (Wildman–Crippen MR) is 72.0 cm³/mol. The van der Waals surface area contributed by atoms with Crippen LogP contribution in [0.1, 0.15) is 48.9 Å². The van der Waals surface area contributed by atoms with Gasteiger partial charge in [-0.1, -0.05) is 12.8 Å². The fourth-order valence-corrected chi connectivity index (χ4v) is 3.28. The third-order valence-electron chi connectivity index (χ3n) is 4.27. The molecule has 1 saturated heterocycles. The number of hydrogen-bond acceptors (Lipinski definition) is 4. The van der Waals surface area contributed by atoms with Gasteiger partial charge in [-0.15, -0.1) is 0 Å². The van der Waals surface area contributed by atoms with Crippen LogP contribution in [-0.2, 0) is 4.74 Å². The predicted octanol–water partition coefficient (Wildman–Crippen LogP) is 2.65. The Morgan fingerprint density at radius 2 is 2.25 bits per heavy atom. The Morgan fingerprint density at radius 3 is 3.00 bits per heavy atom. The molecule has 0 amide bonds. The molecule has 5 nitrogen and oxygen atoms in total. The van der Waals surface area contributed by atoms with Crippen molar-refractivity contribution in [1.29, 1.82) is 0 Å². The van der Waals surface area contributed by atoms with Crippen LogP contribution >= 0.6 is 0 Å². The topological polar surface area (TPSA) is 68.7 Å². The lowest BCUT2D eigenvalue weighted by Gasteiger charge is -2.38. The van der Waals surface area contributed by atoms with Crippen molar-refractivity contribution in [2.24, 2.45) is 0 Å². The average molecular weight is 277 g/mol. The van der Waals surface area contributed by atoms with Gasteiger partial charge in [0.25, 0.3) is 0 Å². The largest absolute Gasteiger partial charge is 0.488 e. The molecule has 1 aliphatic heterocycles. The van der Waals surface area contributed by atoms with Gasteiger partial charge in [0.15, 0.2) is 5.75 Å². The average Bonchev–Trinajstić information content (AvgIpc) is 2.87. The molecule has 0 radical (unpaired) electrons. The van der Waals surface area contributed by atoms with Crippen molar-refractivity contribution in [2.45, 2.75) is 50.2 Å². The normalized spacial score (nSPS) is 24.7. The zero-order valence-electron chi connectivity index (χ0n) is 11.4. The van der Waals surface area contributed by atoms with E-state index in [0.29, 0.717) is 12.4 Å². The number of carbonyl (C=O) groups is 1. The van der Waals surface area contributed by atoms with Crippen LogP contribution in [0, 0.1) is 0 Å². The number of nitrogens with zero attached hydrogens (tertiary/aromatic N) is 1. The number of carboxylic acids is 1. The minimum atomic E-state index is -0.981. The molecule has 0 aromatic carbocycles. The summed E-state index contributed by atoms with van der Waals surface area (Å²) in [5.74, 6) is -0.620. The first kappa shape index (κ1) is 13.4. The van der Waals surface area contributed by atoms with E-state index >= 15 is 0 Å². The minimum absolute atomic E-state index is 0.0177. The molecule has 1 atom stereocenters. The van der Waals surface area contributed by atoms with Crippen LogP contribution in [0.4, 0.5) is 0 Å². The molecule has 2 heterocycles. The third-order valence-corrected chi connectivity index (χ3v) is 4.27. The number of rotatable bonds is 3. The lowest BCUT2D eigenvalue weighted by Crippen LogP contribution is -2.41. The summed E-state index contributed by atoms with van der Waals surface area (Å²) in [6, 6.07) is 1.47. The van der Waals surface area contributed by atoms with Crippen LogP contribution in [0.25, 0.3) is 0 Å². The number of carboxylic acid groups (broad SMARTS) is 1. The molecule has 1 saturated carbocycles. The fourth-order valence-electron chi connectivity index (χ4n) is 3.28. The number of hydrogen-bond donors (Lipinski definition) is 1. The van der Waals surface area contributed by atoms with Crippen molar-refractivity contribution < 1.29 is 19.4 Å². The zero-order chi connectivity index (χ0) is 14.0. The maximum Gasteiger partial charge on any atom is 0.339 e. The van der Waals surface area contributed by atoms with Crippen molar-refractivity contribution in [3.05, 3.63) is 24.0 Å². The molecule has 1 aromatic rings. The number of ether oxygens (including phenoxy) is 2. The summed E-state index contributed by atoms with van der Waals surface area (Å²) >= 11 is 0. The molecular formula is C15H19NO4. The van der Waals surface area contributed by atoms with E-state index in [0.717, 1.165) is 25.7 Å². The van der Waals surface area contributed by atoms with E-state index in [1.807, 2.05) is 0 Å².